The molecule has 1 fully saturated rings. The molecule has 0 unspecified atom stereocenters. The summed E-state index contributed by atoms with van der Waals surface area (Å²) in [5.74, 6) is -1.03. The minimum absolute atomic E-state index is 0.0847. The SMILES string of the molecule is COc1ccc2cc1C=CCCCCOC(=O)N[C@@H](C(C)(C)C)C(=O)N1C[C@@H](C[C@H]1C(=O)O)c1nnn-2n1. The summed E-state index contributed by atoms with van der Waals surface area (Å²) in [6.45, 7) is 5.70. The molecule has 12 nitrogen and oxygen atoms in total. The largest absolute Gasteiger partial charge is 0.496 e. The Bertz CT molecular complexity index is 1220. The van der Waals surface area contributed by atoms with Crippen molar-refractivity contribution < 1.29 is 29.0 Å². The zero-order valence-corrected chi connectivity index (χ0v) is 22.1. The summed E-state index contributed by atoms with van der Waals surface area (Å²) in [4.78, 5) is 41.0. The number of allylic oxidation sites excluding steroid dienone is 1. The summed E-state index contributed by atoms with van der Waals surface area (Å²) in [6, 6.07) is 3.44. The fraction of sp³-hybridized carbons (Fsp3) is 0.538. The molecule has 1 aromatic carbocycles. The molecule has 2 aliphatic rings. The molecule has 2 aromatic rings. The summed E-state index contributed by atoms with van der Waals surface area (Å²) in [6.07, 6.45) is 5.59. The Morgan fingerprint density at radius 3 is 2.74 bits per heavy atom. The third-order valence-electron chi connectivity index (χ3n) is 6.78. The number of carboxylic acids is 1. The van der Waals surface area contributed by atoms with Crippen LogP contribution in [0.4, 0.5) is 4.79 Å². The Kier molecular flexibility index (Phi) is 7.98. The first-order valence-electron chi connectivity index (χ1n) is 12.7. The van der Waals surface area contributed by atoms with Gasteiger partial charge in [0.15, 0.2) is 5.82 Å². The van der Waals surface area contributed by atoms with Gasteiger partial charge in [-0.2, -0.15) is 0 Å². The minimum atomic E-state index is -1.13. The molecule has 12 heteroatoms. The molecule has 0 aliphatic carbocycles. The van der Waals surface area contributed by atoms with E-state index >= 15 is 0 Å². The second kappa shape index (κ2) is 11.2. The van der Waals surface area contributed by atoms with Crippen LogP contribution in [0, 0.1) is 5.41 Å². The second-order valence-corrected chi connectivity index (χ2v) is 10.6. The van der Waals surface area contributed by atoms with Gasteiger partial charge in [-0.15, -0.1) is 15.0 Å². The molecule has 0 spiro atoms. The number of ether oxygens (including phenoxy) is 2. The summed E-state index contributed by atoms with van der Waals surface area (Å²) < 4.78 is 10.8. The van der Waals surface area contributed by atoms with Gasteiger partial charge in [0.25, 0.3) is 0 Å². The molecule has 3 atom stereocenters. The van der Waals surface area contributed by atoms with Crippen molar-refractivity contribution in [2.45, 2.75) is 64.5 Å². The molecule has 2 amide bonds. The van der Waals surface area contributed by atoms with Crippen LogP contribution >= 0.6 is 0 Å². The molecule has 0 radical (unpaired) electrons. The zero-order valence-electron chi connectivity index (χ0n) is 22.1. The van der Waals surface area contributed by atoms with Crippen LogP contribution in [0.1, 0.15) is 63.8 Å². The molecular weight excluding hydrogens is 492 g/mol. The van der Waals surface area contributed by atoms with Crippen LogP contribution in [-0.4, -0.2) is 80.5 Å². The monoisotopic (exact) mass is 526 g/mol. The number of nitrogens with zero attached hydrogens (tertiary/aromatic N) is 5. The van der Waals surface area contributed by atoms with Gasteiger partial charge in [0.2, 0.25) is 5.91 Å². The lowest BCUT2D eigenvalue weighted by Crippen LogP contribution is -2.56. The van der Waals surface area contributed by atoms with Crippen LogP contribution in [0.3, 0.4) is 0 Å². The normalized spacial score (nSPS) is 22.9. The summed E-state index contributed by atoms with van der Waals surface area (Å²) in [5, 5.41) is 25.5. The Balaban J connectivity index is 1.70. The molecule has 1 aromatic heterocycles. The number of rotatable bonds is 2. The Labute approximate surface area is 221 Å². The second-order valence-electron chi connectivity index (χ2n) is 10.6. The number of alkyl carbamates (subject to hydrolysis) is 1. The fourth-order valence-corrected chi connectivity index (χ4v) is 4.69. The number of amides is 2. The van der Waals surface area contributed by atoms with Crippen molar-refractivity contribution in [1.29, 1.82) is 0 Å². The van der Waals surface area contributed by atoms with Gasteiger partial charge in [-0.25, -0.2) is 9.59 Å². The maximum Gasteiger partial charge on any atom is 0.407 e. The Hall–Kier alpha value is -3.96. The Morgan fingerprint density at radius 1 is 1.24 bits per heavy atom. The Morgan fingerprint density at radius 2 is 2.03 bits per heavy atom. The maximum absolute atomic E-state index is 13.6. The number of carbonyl (C=O) groups excluding carboxylic acids is 2. The van der Waals surface area contributed by atoms with Crippen molar-refractivity contribution in [3.05, 3.63) is 35.7 Å². The third kappa shape index (κ3) is 5.95. The maximum atomic E-state index is 13.6. The molecule has 38 heavy (non-hydrogen) atoms. The van der Waals surface area contributed by atoms with Crippen molar-refractivity contribution in [1.82, 2.24) is 30.4 Å². The summed E-state index contributed by atoms with van der Waals surface area (Å²) in [5.41, 5.74) is 0.820. The van der Waals surface area contributed by atoms with Gasteiger partial charge in [-0.05, 0) is 54.5 Å². The first kappa shape index (κ1) is 27.1. The van der Waals surface area contributed by atoms with Crippen LogP contribution < -0.4 is 10.1 Å². The molecule has 3 heterocycles. The topological polar surface area (TPSA) is 149 Å². The van der Waals surface area contributed by atoms with Gasteiger partial charge >= 0.3 is 12.1 Å². The van der Waals surface area contributed by atoms with Gasteiger partial charge in [0.05, 0.1) is 19.4 Å². The van der Waals surface area contributed by atoms with Gasteiger partial charge in [0, 0.05) is 18.0 Å². The van der Waals surface area contributed by atoms with Gasteiger partial charge < -0.3 is 24.8 Å². The number of hydrogen-bond donors (Lipinski definition) is 2. The highest BCUT2D eigenvalue weighted by Gasteiger charge is 2.46. The molecule has 6 bridgehead atoms. The fourth-order valence-electron chi connectivity index (χ4n) is 4.69. The lowest BCUT2D eigenvalue weighted by molar-refractivity contribution is -0.150. The average Bonchev–Trinajstić information content (AvgIpc) is 3.53. The van der Waals surface area contributed by atoms with E-state index in [1.54, 1.807) is 27.9 Å². The van der Waals surface area contributed by atoms with Gasteiger partial charge in [0.1, 0.15) is 17.8 Å². The van der Waals surface area contributed by atoms with E-state index in [1.807, 2.05) is 30.4 Å². The van der Waals surface area contributed by atoms with Gasteiger partial charge in [-0.1, -0.05) is 32.9 Å². The van der Waals surface area contributed by atoms with E-state index in [-0.39, 0.29) is 19.6 Å². The number of carbonyl (C=O) groups is 3. The van der Waals surface area contributed by atoms with E-state index in [4.69, 9.17) is 9.47 Å². The van der Waals surface area contributed by atoms with Crippen molar-refractivity contribution in [3.8, 4) is 11.4 Å². The number of benzene rings is 1. The number of aromatic nitrogens is 4. The number of carboxylic acid groups (broad SMARTS) is 1. The molecule has 0 saturated carbocycles. The van der Waals surface area contributed by atoms with Crippen LogP contribution in [0.2, 0.25) is 0 Å². The van der Waals surface area contributed by atoms with Crippen LogP contribution in [-0.2, 0) is 14.3 Å². The van der Waals surface area contributed by atoms with Gasteiger partial charge in [-0.3, -0.25) is 4.79 Å². The predicted molar refractivity (Wildman–Crippen MR) is 137 cm³/mol. The van der Waals surface area contributed by atoms with E-state index in [1.165, 1.54) is 9.70 Å². The molecule has 4 rings (SSSR count). The first-order valence-corrected chi connectivity index (χ1v) is 12.7. The number of tetrazole rings is 1. The van der Waals surface area contributed by atoms with E-state index in [9.17, 15) is 19.5 Å². The van der Waals surface area contributed by atoms with Crippen molar-refractivity contribution in [2.24, 2.45) is 5.41 Å². The van der Waals surface area contributed by atoms with E-state index in [0.717, 1.165) is 18.4 Å². The molecular formula is C26H34N6O6. The van der Waals surface area contributed by atoms with Crippen LogP contribution in [0.15, 0.2) is 24.3 Å². The highest BCUT2D eigenvalue weighted by atomic mass is 16.5. The summed E-state index contributed by atoms with van der Waals surface area (Å²) in [7, 11) is 1.60. The molecule has 204 valence electrons. The lowest BCUT2D eigenvalue weighted by Gasteiger charge is -2.34. The quantitative estimate of drug-likeness (QED) is 0.602. The highest BCUT2D eigenvalue weighted by Crippen LogP contribution is 2.33. The first-order chi connectivity index (χ1) is 18.1. The minimum Gasteiger partial charge on any atom is -0.496 e. The van der Waals surface area contributed by atoms with E-state index in [0.29, 0.717) is 23.7 Å². The lowest BCUT2D eigenvalue weighted by atomic mass is 9.85. The predicted octanol–water partition coefficient (Wildman–Crippen LogP) is 2.78. The number of nitrogens with one attached hydrogen (secondary N) is 1. The van der Waals surface area contributed by atoms with E-state index in [2.05, 4.69) is 20.7 Å². The number of methoxy groups -OCH3 is 1. The van der Waals surface area contributed by atoms with Crippen LogP contribution in [0.25, 0.3) is 11.8 Å². The summed E-state index contributed by atoms with van der Waals surface area (Å²) >= 11 is 0. The molecule has 2 aliphatic heterocycles. The number of hydrogen-bond acceptors (Lipinski definition) is 8. The number of aliphatic carboxylic acids is 1. The number of cyclic esters (lactones) is 1. The van der Waals surface area contributed by atoms with Crippen LogP contribution in [0.5, 0.6) is 5.75 Å². The average molecular weight is 527 g/mol. The highest BCUT2D eigenvalue weighted by molar-refractivity contribution is 5.90. The number of fused-ring (bicyclic) bond motifs is 8. The van der Waals surface area contributed by atoms with Crippen molar-refractivity contribution >= 4 is 24.0 Å². The molecule has 2 N–H and O–H groups in total. The van der Waals surface area contributed by atoms with Crippen molar-refractivity contribution in [3.63, 3.8) is 0 Å². The standard InChI is InChI=1S/C26H34N6O6/c1-26(2,3)21-23(33)31-15-17(14-19(31)24(34)35)22-28-30-32(29-22)18-10-11-20(37-4)16(13-18)9-7-5-6-8-12-38-25(36)27-21/h7,9-11,13,17,19,21H,5-6,8,12,14-15H2,1-4H3,(H,27,36)(H,34,35)/t17-,19+,21-/m1/s1. The zero-order chi connectivity index (χ0) is 27.4. The smallest absolute Gasteiger partial charge is 0.407 e. The molecule has 1 saturated heterocycles. The third-order valence-corrected chi connectivity index (χ3v) is 6.78. The van der Waals surface area contributed by atoms with Crippen molar-refractivity contribution in [2.75, 3.05) is 20.3 Å². The van der Waals surface area contributed by atoms with E-state index < -0.39 is 41.4 Å².